The Hall–Kier alpha value is -4.76. The van der Waals surface area contributed by atoms with E-state index in [-0.39, 0.29) is 42.6 Å². The first-order chi connectivity index (χ1) is 19.4. The number of aromatic nitrogens is 6. The second-order valence-corrected chi connectivity index (χ2v) is 10.1. The summed E-state index contributed by atoms with van der Waals surface area (Å²) in [7, 11) is 1.35. The van der Waals surface area contributed by atoms with Crippen molar-refractivity contribution in [1.29, 1.82) is 0 Å². The number of hydrogen-bond donors (Lipinski definition) is 3. The van der Waals surface area contributed by atoms with Crippen LogP contribution in [-0.4, -0.2) is 65.8 Å². The number of piperidine rings is 1. The van der Waals surface area contributed by atoms with Crippen molar-refractivity contribution in [3.63, 3.8) is 0 Å². The topological polar surface area (TPSA) is 183 Å². The third-order valence-electron chi connectivity index (χ3n) is 7.38. The Morgan fingerprint density at radius 2 is 1.80 bits per heavy atom. The summed E-state index contributed by atoms with van der Waals surface area (Å²) in [5.74, 6) is -4.53. The molecular weight excluding hydrogens is 542 g/mol. The summed E-state index contributed by atoms with van der Waals surface area (Å²) in [6.45, 7) is 3.09. The van der Waals surface area contributed by atoms with Gasteiger partial charge in [-0.15, -0.1) is 0 Å². The SMILES string of the molecule is CCC(=O)Cn1c(=O)c(N[C@@H](C)C(=O)Nc2cncc(-c3cnc(N4CC5C(C4)C5(F)F)nc3)n2)c(N)n(C)c1=O. The number of fused-ring (bicyclic) bond motifs is 1. The Morgan fingerprint density at radius 1 is 1.15 bits per heavy atom. The number of amides is 1. The fourth-order valence-electron chi connectivity index (χ4n) is 4.72. The number of ketones is 1. The van der Waals surface area contributed by atoms with E-state index in [9.17, 15) is 28.0 Å². The number of nitrogens with zero attached hydrogens (tertiary/aromatic N) is 7. The number of nitrogens with two attached hydrogens (primary N) is 1. The minimum atomic E-state index is -2.59. The molecule has 0 spiro atoms. The van der Waals surface area contributed by atoms with Gasteiger partial charge in [0.05, 0.1) is 36.5 Å². The summed E-state index contributed by atoms with van der Waals surface area (Å²) >= 11 is 0. The van der Waals surface area contributed by atoms with Crippen LogP contribution < -0.4 is 32.5 Å². The van der Waals surface area contributed by atoms with Crippen molar-refractivity contribution in [2.45, 2.75) is 38.8 Å². The number of anilines is 4. The molecule has 216 valence electrons. The normalized spacial score (nSPS) is 19.4. The van der Waals surface area contributed by atoms with E-state index >= 15 is 0 Å². The molecule has 1 aliphatic heterocycles. The minimum absolute atomic E-state index is 0.103. The van der Waals surface area contributed by atoms with Crippen LogP contribution in [0.25, 0.3) is 11.3 Å². The van der Waals surface area contributed by atoms with Crippen LogP contribution >= 0.6 is 0 Å². The Balaban J connectivity index is 1.27. The number of carbonyl (C=O) groups is 2. The third kappa shape index (κ3) is 5.12. The second-order valence-electron chi connectivity index (χ2n) is 10.1. The number of nitrogen functional groups attached to an aromatic ring is 1. The molecule has 3 atom stereocenters. The molecule has 4 heterocycles. The molecule has 0 aromatic carbocycles. The summed E-state index contributed by atoms with van der Waals surface area (Å²) in [4.78, 5) is 69.0. The molecule has 3 aromatic rings. The van der Waals surface area contributed by atoms with Crippen molar-refractivity contribution in [3.05, 3.63) is 45.6 Å². The van der Waals surface area contributed by atoms with E-state index in [0.717, 1.165) is 9.13 Å². The van der Waals surface area contributed by atoms with E-state index < -0.39 is 47.5 Å². The molecule has 1 saturated heterocycles. The van der Waals surface area contributed by atoms with Gasteiger partial charge in [-0.25, -0.2) is 28.5 Å². The van der Waals surface area contributed by atoms with E-state index in [4.69, 9.17) is 5.73 Å². The van der Waals surface area contributed by atoms with Gasteiger partial charge >= 0.3 is 5.69 Å². The molecule has 2 unspecified atom stereocenters. The molecule has 5 rings (SSSR count). The highest BCUT2D eigenvalue weighted by Crippen LogP contribution is 2.59. The average molecular weight is 571 g/mol. The van der Waals surface area contributed by atoms with Crippen LogP contribution in [0.2, 0.25) is 0 Å². The van der Waals surface area contributed by atoms with E-state index in [1.165, 1.54) is 38.8 Å². The number of hydrogen-bond acceptors (Lipinski definition) is 11. The number of nitrogens with one attached hydrogen (secondary N) is 2. The largest absolute Gasteiger partial charge is 0.383 e. The Labute approximate surface area is 231 Å². The summed E-state index contributed by atoms with van der Waals surface area (Å²) < 4.78 is 28.7. The molecule has 0 radical (unpaired) electrons. The van der Waals surface area contributed by atoms with Gasteiger partial charge in [-0.1, -0.05) is 6.92 Å². The van der Waals surface area contributed by atoms with Gasteiger partial charge in [0.2, 0.25) is 11.9 Å². The molecule has 3 aromatic heterocycles. The maximum atomic E-state index is 13.5. The van der Waals surface area contributed by atoms with E-state index in [2.05, 4.69) is 30.6 Å². The molecular formula is C25H28F2N10O4. The molecule has 4 N–H and O–H groups in total. The van der Waals surface area contributed by atoms with Crippen molar-refractivity contribution in [3.8, 4) is 11.3 Å². The monoisotopic (exact) mass is 570 g/mol. The maximum absolute atomic E-state index is 13.5. The number of rotatable bonds is 9. The third-order valence-corrected chi connectivity index (χ3v) is 7.38. The first-order valence-corrected chi connectivity index (χ1v) is 12.9. The van der Waals surface area contributed by atoms with Crippen LogP contribution in [-0.2, 0) is 23.2 Å². The Kier molecular flexibility index (Phi) is 7.00. The maximum Gasteiger partial charge on any atom is 0.332 e. The lowest BCUT2D eigenvalue weighted by molar-refractivity contribution is -0.119. The van der Waals surface area contributed by atoms with Crippen LogP contribution in [0.5, 0.6) is 0 Å². The minimum Gasteiger partial charge on any atom is -0.383 e. The highest BCUT2D eigenvalue weighted by molar-refractivity contribution is 5.96. The second kappa shape index (κ2) is 10.3. The molecule has 0 bridgehead atoms. The van der Waals surface area contributed by atoms with E-state index in [1.54, 1.807) is 11.8 Å². The van der Waals surface area contributed by atoms with Gasteiger partial charge < -0.3 is 21.3 Å². The van der Waals surface area contributed by atoms with Crippen LogP contribution in [0.3, 0.4) is 0 Å². The van der Waals surface area contributed by atoms with Gasteiger partial charge in [-0.05, 0) is 6.92 Å². The van der Waals surface area contributed by atoms with Gasteiger partial charge in [0.25, 0.3) is 11.5 Å². The first-order valence-electron chi connectivity index (χ1n) is 12.9. The van der Waals surface area contributed by atoms with Crippen LogP contribution in [0.4, 0.5) is 32.1 Å². The summed E-state index contributed by atoms with van der Waals surface area (Å²) in [6.07, 6.45) is 5.91. The van der Waals surface area contributed by atoms with E-state index in [1.807, 2.05) is 0 Å². The van der Waals surface area contributed by atoms with Crippen molar-refractivity contribution >= 4 is 35.0 Å². The predicted octanol–water partition coefficient (Wildman–Crippen LogP) is 0.496. The molecule has 41 heavy (non-hydrogen) atoms. The lowest BCUT2D eigenvalue weighted by Gasteiger charge is -2.19. The molecule has 2 aliphatic rings. The highest BCUT2D eigenvalue weighted by Gasteiger charge is 2.72. The summed E-state index contributed by atoms with van der Waals surface area (Å²) in [6, 6.07) is -1.01. The summed E-state index contributed by atoms with van der Waals surface area (Å²) in [5, 5.41) is 5.33. The van der Waals surface area contributed by atoms with Gasteiger partial charge in [-0.3, -0.25) is 28.5 Å². The van der Waals surface area contributed by atoms with E-state index in [0.29, 0.717) is 17.2 Å². The standard InChI is InChI=1S/C25H28F2N10O4/c1-4-14(38)9-37-22(40)19(20(28)35(3)24(37)41)32-12(2)21(39)34-18-8-29-7-17(33-18)13-5-30-23(31-6-13)36-10-15-16(11-36)25(15,26)27/h5-8,12,15-16,32H,4,9-11,28H2,1-3H3,(H,33,34,39)/t12-,15?,16?/m0/s1. The van der Waals surface area contributed by atoms with Crippen LogP contribution in [0.15, 0.2) is 34.4 Å². The van der Waals surface area contributed by atoms with Gasteiger partial charge in [0.15, 0.2) is 11.6 Å². The fourth-order valence-corrected chi connectivity index (χ4v) is 4.72. The van der Waals surface area contributed by atoms with Gasteiger partial charge in [-0.2, -0.15) is 0 Å². The molecule has 1 saturated carbocycles. The molecule has 2 fully saturated rings. The number of halogens is 2. The quantitative estimate of drug-likeness (QED) is 0.326. The van der Waals surface area contributed by atoms with Crippen LogP contribution in [0, 0.1) is 11.8 Å². The smallest absolute Gasteiger partial charge is 0.332 e. The van der Waals surface area contributed by atoms with Gasteiger partial charge in [0.1, 0.15) is 17.5 Å². The van der Waals surface area contributed by atoms with Crippen molar-refractivity contribution in [2.24, 2.45) is 18.9 Å². The van der Waals surface area contributed by atoms with Crippen molar-refractivity contribution in [1.82, 2.24) is 29.1 Å². The Bertz CT molecular complexity index is 1620. The number of carbonyl (C=O) groups excluding carboxylic acids is 2. The lowest BCUT2D eigenvalue weighted by Crippen LogP contribution is -2.44. The summed E-state index contributed by atoms with van der Waals surface area (Å²) in [5.41, 5.74) is 5.06. The Morgan fingerprint density at radius 3 is 2.44 bits per heavy atom. The number of Topliss-reactive ketones (excluding diaryl/α,β-unsaturated/α-hetero) is 1. The average Bonchev–Trinajstić information content (AvgIpc) is 3.27. The molecule has 14 nitrogen and oxygen atoms in total. The van der Waals surface area contributed by atoms with Gasteiger partial charge in [0, 0.05) is 44.5 Å². The number of alkyl halides is 2. The molecule has 1 amide bonds. The zero-order valence-corrected chi connectivity index (χ0v) is 22.5. The lowest BCUT2D eigenvalue weighted by atomic mass is 10.2. The molecule has 16 heteroatoms. The zero-order valence-electron chi connectivity index (χ0n) is 22.5. The predicted molar refractivity (Wildman–Crippen MR) is 145 cm³/mol. The first kappa shape index (κ1) is 27.8. The fraction of sp³-hybridized carbons (Fsp3) is 0.440. The van der Waals surface area contributed by atoms with Crippen LogP contribution in [0.1, 0.15) is 20.3 Å². The highest BCUT2D eigenvalue weighted by atomic mass is 19.3. The zero-order chi connectivity index (χ0) is 29.6. The van der Waals surface area contributed by atoms with Crippen molar-refractivity contribution in [2.75, 3.05) is 34.4 Å². The van der Waals surface area contributed by atoms with Crippen molar-refractivity contribution < 1.29 is 18.4 Å². The molecule has 1 aliphatic carbocycles.